The lowest BCUT2D eigenvalue weighted by atomic mass is 10.0. The summed E-state index contributed by atoms with van der Waals surface area (Å²) in [5.74, 6) is -0.885. The lowest BCUT2D eigenvalue weighted by molar-refractivity contribution is -0.137. The molecule has 0 aliphatic carbocycles. The molecule has 0 spiro atoms. The summed E-state index contributed by atoms with van der Waals surface area (Å²) >= 11 is 0. The fraction of sp³-hybridized carbons (Fsp3) is 0.300. The number of nitrogens with zero attached hydrogens (tertiary/aromatic N) is 3. The lowest BCUT2D eigenvalue weighted by Gasteiger charge is -2.09. The molecule has 0 saturated carbocycles. The molecule has 0 aliphatic heterocycles. The van der Waals surface area contributed by atoms with E-state index < -0.39 is 12.0 Å². The van der Waals surface area contributed by atoms with E-state index >= 15 is 0 Å². The van der Waals surface area contributed by atoms with Crippen LogP contribution in [0, 0.1) is 0 Å². The van der Waals surface area contributed by atoms with Crippen molar-refractivity contribution in [2.75, 3.05) is 0 Å². The summed E-state index contributed by atoms with van der Waals surface area (Å²) in [6.45, 7) is 0. The number of benzene rings is 1. The van der Waals surface area contributed by atoms with Crippen molar-refractivity contribution in [1.82, 2.24) is 0 Å². The second kappa shape index (κ2) is 5.67. The predicted molar refractivity (Wildman–Crippen MR) is 55.2 cm³/mol. The predicted octanol–water partition coefficient (Wildman–Crippen LogP) is 2.90. The molecule has 78 valence electrons. The zero-order chi connectivity index (χ0) is 11.1. The number of hydrogen-bond donors (Lipinski definition) is 1. The Balaban J connectivity index is 2.74. The van der Waals surface area contributed by atoms with Crippen molar-refractivity contribution >= 4 is 5.97 Å². The van der Waals surface area contributed by atoms with Gasteiger partial charge in [-0.15, -0.1) is 0 Å². The Kier molecular flexibility index (Phi) is 4.19. The highest BCUT2D eigenvalue weighted by Crippen LogP contribution is 2.22. The van der Waals surface area contributed by atoms with Crippen molar-refractivity contribution in [2.45, 2.75) is 18.9 Å². The molecule has 1 unspecified atom stereocenters. The molecule has 0 heterocycles. The minimum Gasteiger partial charge on any atom is -0.481 e. The number of azide groups is 1. The fourth-order valence-corrected chi connectivity index (χ4v) is 1.29. The number of carboxylic acid groups (broad SMARTS) is 1. The molecule has 1 atom stereocenters. The normalized spacial score (nSPS) is 11.5. The Morgan fingerprint density at radius 2 is 2.13 bits per heavy atom. The molecule has 1 aromatic carbocycles. The summed E-state index contributed by atoms with van der Waals surface area (Å²) in [5.41, 5.74) is 9.22. The average Bonchev–Trinajstić information content (AvgIpc) is 2.25. The van der Waals surface area contributed by atoms with Gasteiger partial charge < -0.3 is 5.11 Å². The quantitative estimate of drug-likeness (QED) is 0.455. The largest absolute Gasteiger partial charge is 0.481 e. The third kappa shape index (κ3) is 3.70. The summed E-state index contributed by atoms with van der Waals surface area (Å²) in [7, 11) is 0. The number of carbonyl (C=O) groups is 1. The minimum atomic E-state index is -0.885. The van der Waals surface area contributed by atoms with Crippen LogP contribution < -0.4 is 0 Å². The molecule has 15 heavy (non-hydrogen) atoms. The molecule has 1 rings (SSSR count). The first-order valence-electron chi connectivity index (χ1n) is 4.55. The standard InChI is InChI=1S/C10H11N3O2/c11-13-12-9(6-7-10(14)15)8-4-2-1-3-5-8/h1-5,9H,6-7H2,(H,14,15). The van der Waals surface area contributed by atoms with Gasteiger partial charge in [0.2, 0.25) is 0 Å². The van der Waals surface area contributed by atoms with Crippen LogP contribution in [0.1, 0.15) is 24.4 Å². The highest BCUT2D eigenvalue weighted by molar-refractivity contribution is 5.66. The van der Waals surface area contributed by atoms with E-state index in [0.717, 1.165) is 5.56 Å². The number of hydrogen-bond acceptors (Lipinski definition) is 2. The number of carboxylic acids is 1. The number of aliphatic carboxylic acids is 1. The first kappa shape index (κ1) is 11.1. The van der Waals surface area contributed by atoms with Crippen molar-refractivity contribution in [3.05, 3.63) is 46.3 Å². The Hall–Kier alpha value is -2.00. The van der Waals surface area contributed by atoms with Crippen molar-refractivity contribution in [2.24, 2.45) is 5.11 Å². The van der Waals surface area contributed by atoms with Crippen molar-refractivity contribution in [3.63, 3.8) is 0 Å². The van der Waals surface area contributed by atoms with Gasteiger partial charge in [-0.25, -0.2) is 0 Å². The molecule has 1 N–H and O–H groups in total. The van der Waals surface area contributed by atoms with Gasteiger partial charge >= 0.3 is 5.97 Å². The van der Waals surface area contributed by atoms with Gasteiger partial charge in [0.05, 0.1) is 6.04 Å². The monoisotopic (exact) mass is 205 g/mol. The average molecular weight is 205 g/mol. The molecule has 0 radical (unpaired) electrons. The first-order valence-corrected chi connectivity index (χ1v) is 4.55. The van der Waals surface area contributed by atoms with Crippen LogP contribution in [0.5, 0.6) is 0 Å². The highest BCUT2D eigenvalue weighted by atomic mass is 16.4. The molecule has 0 bridgehead atoms. The van der Waals surface area contributed by atoms with Gasteiger partial charge in [0, 0.05) is 11.3 Å². The Morgan fingerprint density at radius 1 is 1.47 bits per heavy atom. The van der Waals surface area contributed by atoms with Gasteiger partial charge in [0.1, 0.15) is 0 Å². The maximum Gasteiger partial charge on any atom is 0.303 e. The van der Waals surface area contributed by atoms with Crippen LogP contribution in [0.2, 0.25) is 0 Å². The van der Waals surface area contributed by atoms with E-state index in [-0.39, 0.29) is 6.42 Å². The fourth-order valence-electron chi connectivity index (χ4n) is 1.29. The van der Waals surface area contributed by atoms with E-state index in [1.807, 2.05) is 30.3 Å². The van der Waals surface area contributed by atoms with E-state index in [4.69, 9.17) is 10.6 Å². The first-order chi connectivity index (χ1) is 7.24. The van der Waals surface area contributed by atoms with Crippen LogP contribution in [0.3, 0.4) is 0 Å². The molecule has 0 saturated heterocycles. The summed E-state index contributed by atoms with van der Waals surface area (Å²) < 4.78 is 0. The summed E-state index contributed by atoms with van der Waals surface area (Å²) in [6, 6.07) is 8.76. The van der Waals surface area contributed by atoms with Crippen molar-refractivity contribution in [1.29, 1.82) is 0 Å². The second-order valence-corrected chi connectivity index (χ2v) is 3.06. The van der Waals surface area contributed by atoms with Crippen molar-refractivity contribution < 1.29 is 9.90 Å². The smallest absolute Gasteiger partial charge is 0.303 e. The van der Waals surface area contributed by atoms with E-state index in [0.29, 0.717) is 6.42 Å². The molecule has 0 fully saturated rings. The van der Waals surface area contributed by atoms with Crippen molar-refractivity contribution in [3.8, 4) is 0 Å². The molecule has 0 amide bonds. The molecule has 5 nitrogen and oxygen atoms in total. The Labute approximate surface area is 87.0 Å². The third-order valence-electron chi connectivity index (χ3n) is 2.01. The van der Waals surface area contributed by atoms with Crippen LogP contribution in [0.25, 0.3) is 10.4 Å². The van der Waals surface area contributed by atoms with Crippen LogP contribution in [0.4, 0.5) is 0 Å². The SMILES string of the molecule is [N-]=[N+]=NC(CCC(=O)O)c1ccccc1. The topological polar surface area (TPSA) is 86.1 Å². The summed E-state index contributed by atoms with van der Waals surface area (Å²) in [5, 5.41) is 12.1. The molecule has 1 aromatic rings. The zero-order valence-corrected chi connectivity index (χ0v) is 8.08. The summed E-state index contributed by atoms with van der Waals surface area (Å²) in [4.78, 5) is 13.1. The van der Waals surface area contributed by atoms with Gasteiger partial charge in [-0.1, -0.05) is 35.4 Å². The maximum atomic E-state index is 10.4. The molecule has 0 aromatic heterocycles. The van der Waals surface area contributed by atoms with Gasteiger partial charge in [-0.05, 0) is 17.5 Å². The van der Waals surface area contributed by atoms with E-state index in [1.54, 1.807) is 0 Å². The maximum absolute atomic E-state index is 10.4. The molecular weight excluding hydrogens is 194 g/mol. The van der Waals surface area contributed by atoms with Gasteiger partial charge in [0.25, 0.3) is 0 Å². The Morgan fingerprint density at radius 3 is 2.67 bits per heavy atom. The van der Waals surface area contributed by atoms with E-state index in [2.05, 4.69) is 10.0 Å². The zero-order valence-electron chi connectivity index (χ0n) is 8.08. The summed E-state index contributed by atoms with van der Waals surface area (Å²) in [6.07, 6.45) is 0.321. The van der Waals surface area contributed by atoms with Gasteiger partial charge in [-0.3, -0.25) is 4.79 Å². The minimum absolute atomic E-state index is 0.00141. The van der Waals surface area contributed by atoms with Crippen LogP contribution >= 0.6 is 0 Å². The third-order valence-corrected chi connectivity index (χ3v) is 2.01. The van der Waals surface area contributed by atoms with Gasteiger partial charge in [-0.2, -0.15) is 0 Å². The van der Waals surface area contributed by atoms with Crippen LogP contribution in [-0.4, -0.2) is 11.1 Å². The second-order valence-electron chi connectivity index (χ2n) is 3.06. The van der Waals surface area contributed by atoms with Crippen LogP contribution in [-0.2, 0) is 4.79 Å². The highest BCUT2D eigenvalue weighted by Gasteiger charge is 2.10. The molecular formula is C10H11N3O2. The van der Waals surface area contributed by atoms with E-state index in [1.165, 1.54) is 0 Å². The number of rotatable bonds is 5. The Bertz CT molecular complexity index is 372. The van der Waals surface area contributed by atoms with Crippen LogP contribution in [0.15, 0.2) is 35.4 Å². The van der Waals surface area contributed by atoms with E-state index in [9.17, 15) is 4.79 Å². The molecule has 0 aliphatic rings. The van der Waals surface area contributed by atoms with Gasteiger partial charge in [0.15, 0.2) is 0 Å². The molecule has 5 heteroatoms. The lowest BCUT2D eigenvalue weighted by Crippen LogP contribution is -2.00.